The summed E-state index contributed by atoms with van der Waals surface area (Å²) >= 11 is 0. The number of nitrogen functional groups attached to an aromatic ring is 1. The van der Waals surface area contributed by atoms with Crippen LogP contribution in [-0.2, 0) is 0 Å². The van der Waals surface area contributed by atoms with Gasteiger partial charge in [-0.1, -0.05) is 48.9 Å². The van der Waals surface area contributed by atoms with Gasteiger partial charge in [-0.25, -0.2) is 4.98 Å². The fraction of sp³-hybridized carbons (Fsp3) is 0.182. The minimum absolute atomic E-state index is 0.240. The molecule has 3 rings (SSSR count). The number of anilines is 1. The second kappa shape index (κ2) is 7.71. The topological polar surface area (TPSA) is 71.9 Å². The molecule has 0 atom stereocenters. The van der Waals surface area contributed by atoms with Crippen molar-refractivity contribution in [3.05, 3.63) is 65.9 Å². The molecule has 4 heteroatoms. The molecule has 0 saturated heterocycles. The molecule has 0 spiro atoms. The summed E-state index contributed by atoms with van der Waals surface area (Å²) in [6.07, 6.45) is 2.69. The normalized spacial score (nSPS) is 10.3. The molecule has 0 amide bonds. The lowest BCUT2D eigenvalue weighted by molar-refractivity contribution is 0.317. The number of ether oxygens (including phenoxy) is 1. The highest BCUT2D eigenvalue weighted by Gasteiger charge is 2.16. The quantitative estimate of drug-likeness (QED) is 0.710. The maximum Gasteiger partial charge on any atom is 0.141 e. The third-order valence-corrected chi connectivity index (χ3v) is 4.20. The summed E-state index contributed by atoms with van der Waals surface area (Å²) in [6.45, 7) is 4.79. The average Bonchev–Trinajstić information content (AvgIpc) is 2.67. The van der Waals surface area contributed by atoms with E-state index in [-0.39, 0.29) is 5.82 Å². The van der Waals surface area contributed by atoms with E-state index in [1.165, 1.54) is 5.56 Å². The van der Waals surface area contributed by atoms with Gasteiger partial charge in [0.1, 0.15) is 23.2 Å². The zero-order valence-corrected chi connectivity index (χ0v) is 15.0. The van der Waals surface area contributed by atoms with Gasteiger partial charge >= 0.3 is 0 Å². The molecular formula is C22H21N3O. The van der Waals surface area contributed by atoms with Crippen LogP contribution in [0.5, 0.6) is 5.75 Å². The lowest BCUT2D eigenvalue weighted by Gasteiger charge is -2.14. The number of rotatable bonds is 5. The first-order valence-corrected chi connectivity index (χ1v) is 8.63. The minimum atomic E-state index is 0.240. The van der Waals surface area contributed by atoms with Crippen molar-refractivity contribution in [2.24, 2.45) is 0 Å². The van der Waals surface area contributed by atoms with Gasteiger partial charge in [-0.3, -0.25) is 0 Å². The summed E-state index contributed by atoms with van der Waals surface area (Å²) in [5.41, 5.74) is 11.1. The van der Waals surface area contributed by atoms with Crippen LogP contribution in [0.25, 0.3) is 22.3 Å². The van der Waals surface area contributed by atoms with Crippen LogP contribution in [0.15, 0.2) is 54.7 Å². The first kappa shape index (κ1) is 17.5. The summed E-state index contributed by atoms with van der Waals surface area (Å²) in [7, 11) is 0. The van der Waals surface area contributed by atoms with Crippen LogP contribution in [0, 0.1) is 18.3 Å². The van der Waals surface area contributed by atoms with Crippen molar-refractivity contribution in [2.75, 3.05) is 12.3 Å². The summed E-state index contributed by atoms with van der Waals surface area (Å²) in [5, 5.41) is 9.65. The Morgan fingerprint density at radius 1 is 1.04 bits per heavy atom. The van der Waals surface area contributed by atoms with Gasteiger partial charge in [-0.15, -0.1) is 0 Å². The number of aryl methyl sites for hydroxylation is 1. The van der Waals surface area contributed by atoms with Crippen LogP contribution in [-0.4, -0.2) is 11.6 Å². The predicted octanol–water partition coefficient (Wildman–Crippen LogP) is 4.97. The number of nitrogens with two attached hydrogens (primary N) is 1. The van der Waals surface area contributed by atoms with E-state index < -0.39 is 0 Å². The second-order valence-corrected chi connectivity index (χ2v) is 6.16. The Bertz CT molecular complexity index is 939. The van der Waals surface area contributed by atoms with E-state index in [4.69, 9.17) is 10.5 Å². The van der Waals surface area contributed by atoms with E-state index in [2.05, 4.69) is 18.0 Å². The van der Waals surface area contributed by atoms with Gasteiger partial charge in [0, 0.05) is 17.3 Å². The molecule has 2 N–H and O–H groups in total. The molecule has 0 aliphatic heterocycles. The summed E-state index contributed by atoms with van der Waals surface area (Å²) in [4.78, 5) is 4.22. The van der Waals surface area contributed by atoms with Crippen molar-refractivity contribution in [1.82, 2.24) is 4.98 Å². The van der Waals surface area contributed by atoms with E-state index >= 15 is 0 Å². The highest BCUT2D eigenvalue weighted by atomic mass is 16.5. The minimum Gasteiger partial charge on any atom is -0.494 e. The van der Waals surface area contributed by atoms with Gasteiger partial charge in [0.2, 0.25) is 0 Å². The molecule has 3 aromatic rings. The lowest BCUT2D eigenvalue weighted by Crippen LogP contribution is -2.00. The number of nitrogens with zero attached hydrogens (tertiary/aromatic N) is 2. The first-order valence-electron chi connectivity index (χ1n) is 8.63. The molecule has 0 fully saturated rings. The lowest BCUT2D eigenvalue weighted by atomic mass is 9.92. The molecular weight excluding hydrogens is 322 g/mol. The largest absolute Gasteiger partial charge is 0.494 e. The molecule has 0 saturated carbocycles. The Hall–Kier alpha value is -3.32. The molecule has 130 valence electrons. The van der Waals surface area contributed by atoms with Gasteiger partial charge in [-0.05, 0) is 36.6 Å². The van der Waals surface area contributed by atoms with Gasteiger partial charge in [-0.2, -0.15) is 5.26 Å². The maximum atomic E-state index is 9.65. The fourth-order valence-electron chi connectivity index (χ4n) is 2.83. The van der Waals surface area contributed by atoms with Crippen molar-refractivity contribution in [3.8, 4) is 34.1 Å². The Balaban J connectivity index is 2.14. The number of benzene rings is 2. The van der Waals surface area contributed by atoms with E-state index in [1.54, 1.807) is 6.20 Å². The van der Waals surface area contributed by atoms with E-state index in [0.29, 0.717) is 12.2 Å². The second-order valence-electron chi connectivity index (χ2n) is 6.16. The van der Waals surface area contributed by atoms with Crippen molar-refractivity contribution < 1.29 is 4.74 Å². The van der Waals surface area contributed by atoms with Crippen LogP contribution < -0.4 is 10.5 Å². The third kappa shape index (κ3) is 3.52. The third-order valence-electron chi connectivity index (χ3n) is 4.20. The summed E-state index contributed by atoms with van der Waals surface area (Å²) in [6, 6.07) is 18.1. The Morgan fingerprint density at radius 3 is 2.31 bits per heavy atom. The van der Waals surface area contributed by atoms with Crippen LogP contribution in [0.3, 0.4) is 0 Å². The first-order chi connectivity index (χ1) is 12.6. The van der Waals surface area contributed by atoms with Crippen molar-refractivity contribution in [1.29, 1.82) is 5.26 Å². The van der Waals surface area contributed by atoms with E-state index in [1.807, 2.05) is 55.5 Å². The number of hydrogen-bond donors (Lipinski definition) is 1. The van der Waals surface area contributed by atoms with Gasteiger partial charge in [0.05, 0.1) is 6.61 Å². The fourth-order valence-corrected chi connectivity index (χ4v) is 2.83. The molecule has 4 nitrogen and oxygen atoms in total. The molecule has 0 radical (unpaired) electrons. The standard InChI is InChI=1S/C22H21N3O/c1-3-12-26-18-10-8-17(9-11-18)21-19(13-23)22(24)25-14-20(21)16-6-4-15(2)5-7-16/h4-11,14H,3,12H2,1-2H3,(H2,24,25). The molecule has 2 aromatic carbocycles. The molecule has 1 aromatic heterocycles. The predicted molar refractivity (Wildman–Crippen MR) is 105 cm³/mol. The van der Waals surface area contributed by atoms with E-state index in [0.717, 1.165) is 34.4 Å². The highest BCUT2D eigenvalue weighted by Crippen LogP contribution is 2.37. The number of pyridine rings is 1. The van der Waals surface area contributed by atoms with Crippen molar-refractivity contribution in [2.45, 2.75) is 20.3 Å². The van der Waals surface area contributed by atoms with Gasteiger partial charge in [0.15, 0.2) is 0 Å². The number of aromatic nitrogens is 1. The average molecular weight is 343 g/mol. The van der Waals surface area contributed by atoms with Gasteiger partial charge < -0.3 is 10.5 Å². The SMILES string of the molecule is CCCOc1ccc(-c2c(-c3ccc(C)cc3)cnc(N)c2C#N)cc1. The van der Waals surface area contributed by atoms with Crippen LogP contribution in [0.4, 0.5) is 5.82 Å². The smallest absolute Gasteiger partial charge is 0.141 e. The maximum absolute atomic E-state index is 9.65. The van der Waals surface area contributed by atoms with Crippen molar-refractivity contribution >= 4 is 5.82 Å². The monoisotopic (exact) mass is 343 g/mol. The molecule has 1 heterocycles. The highest BCUT2D eigenvalue weighted by molar-refractivity contribution is 5.89. The summed E-state index contributed by atoms with van der Waals surface area (Å²) in [5.74, 6) is 1.05. The van der Waals surface area contributed by atoms with Crippen molar-refractivity contribution in [3.63, 3.8) is 0 Å². The molecule has 0 aliphatic carbocycles. The van der Waals surface area contributed by atoms with Crippen LogP contribution in [0.2, 0.25) is 0 Å². The zero-order valence-electron chi connectivity index (χ0n) is 15.0. The van der Waals surface area contributed by atoms with Crippen LogP contribution >= 0.6 is 0 Å². The van der Waals surface area contributed by atoms with Crippen LogP contribution in [0.1, 0.15) is 24.5 Å². The van der Waals surface area contributed by atoms with Gasteiger partial charge in [0.25, 0.3) is 0 Å². The molecule has 0 aliphatic rings. The Morgan fingerprint density at radius 2 is 1.69 bits per heavy atom. The molecule has 0 bridgehead atoms. The van der Waals surface area contributed by atoms with E-state index in [9.17, 15) is 5.26 Å². The molecule has 0 unspecified atom stereocenters. The number of hydrogen-bond acceptors (Lipinski definition) is 4. The molecule has 26 heavy (non-hydrogen) atoms. The number of nitriles is 1. The zero-order chi connectivity index (χ0) is 18.5. The Labute approximate surface area is 153 Å². The Kier molecular flexibility index (Phi) is 5.19. The summed E-state index contributed by atoms with van der Waals surface area (Å²) < 4.78 is 5.65.